The van der Waals surface area contributed by atoms with E-state index in [4.69, 9.17) is 5.11 Å². The molecular weight excluding hydrogens is 236 g/mol. The summed E-state index contributed by atoms with van der Waals surface area (Å²) in [5.41, 5.74) is 4.70. The zero-order chi connectivity index (χ0) is 13.8. The number of carboxylic acid groups (broad SMARTS) is 1. The summed E-state index contributed by atoms with van der Waals surface area (Å²) in [5.74, 6) is -0.942. The van der Waals surface area contributed by atoms with Crippen molar-refractivity contribution in [2.75, 3.05) is 0 Å². The van der Waals surface area contributed by atoms with Crippen LogP contribution < -0.4 is 0 Å². The molecule has 0 bridgehead atoms. The van der Waals surface area contributed by atoms with Crippen molar-refractivity contribution in [2.24, 2.45) is 0 Å². The van der Waals surface area contributed by atoms with Crippen LogP contribution in [0, 0.1) is 6.92 Å². The second-order valence-electron chi connectivity index (χ2n) is 4.65. The number of carbonyl (C=O) groups is 1. The van der Waals surface area contributed by atoms with Crippen LogP contribution in [-0.2, 0) is 11.2 Å². The first-order valence-corrected chi connectivity index (χ1v) is 6.13. The highest BCUT2D eigenvalue weighted by atomic mass is 16.4. The lowest BCUT2D eigenvalue weighted by atomic mass is 10.0. The smallest absolute Gasteiger partial charge is 0.331 e. The summed E-state index contributed by atoms with van der Waals surface area (Å²) in [6.45, 7) is 5.60. The van der Waals surface area contributed by atoms with Gasteiger partial charge in [0.15, 0.2) is 0 Å². The summed E-state index contributed by atoms with van der Waals surface area (Å²) in [6.07, 6.45) is 0.378. The molecule has 0 radical (unpaired) electrons. The Morgan fingerprint density at radius 1 is 1.00 bits per heavy atom. The summed E-state index contributed by atoms with van der Waals surface area (Å²) in [4.78, 5) is 10.7. The number of rotatable bonds is 4. The van der Waals surface area contributed by atoms with Gasteiger partial charge < -0.3 is 5.11 Å². The van der Waals surface area contributed by atoms with Crippen LogP contribution in [0.15, 0.2) is 60.7 Å². The molecule has 0 amide bonds. The van der Waals surface area contributed by atoms with E-state index in [9.17, 15) is 4.79 Å². The van der Waals surface area contributed by atoms with Crippen molar-refractivity contribution in [1.29, 1.82) is 0 Å². The first kappa shape index (κ1) is 13.1. The van der Waals surface area contributed by atoms with E-state index in [2.05, 4.69) is 37.8 Å². The van der Waals surface area contributed by atoms with E-state index in [0.717, 1.165) is 16.7 Å². The lowest BCUT2D eigenvalue weighted by molar-refractivity contribution is -0.132. The van der Waals surface area contributed by atoms with Crippen molar-refractivity contribution in [3.05, 3.63) is 71.8 Å². The zero-order valence-corrected chi connectivity index (χ0v) is 10.9. The Morgan fingerprint density at radius 2 is 1.47 bits per heavy atom. The van der Waals surface area contributed by atoms with Crippen molar-refractivity contribution in [2.45, 2.75) is 13.3 Å². The number of benzene rings is 2. The molecule has 0 spiro atoms. The Kier molecular flexibility index (Phi) is 3.81. The van der Waals surface area contributed by atoms with Crippen LogP contribution in [0.3, 0.4) is 0 Å². The normalized spacial score (nSPS) is 10.2. The molecule has 0 heterocycles. The molecule has 2 rings (SSSR count). The minimum Gasteiger partial charge on any atom is -0.478 e. The van der Waals surface area contributed by atoms with E-state index >= 15 is 0 Å². The van der Waals surface area contributed by atoms with Gasteiger partial charge >= 0.3 is 5.97 Å². The van der Waals surface area contributed by atoms with Crippen LogP contribution >= 0.6 is 0 Å². The summed E-state index contributed by atoms with van der Waals surface area (Å²) in [6, 6.07) is 16.2. The quantitative estimate of drug-likeness (QED) is 0.839. The molecule has 0 atom stereocenters. The molecule has 0 aliphatic carbocycles. The second-order valence-corrected chi connectivity index (χ2v) is 4.65. The highest BCUT2D eigenvalue weighted by Crippen LogP contribution is 2.21. The molecule has 0 unspecified atom stereocenters. The summed E-state index contributed by atoms with van der Waals surface area (Å²) in [5, 5.41) is 8.80. The van der Waals surface area contributed by atoms with Crippen LogP contribution in [0.4, 0.5) is 0 Å². The van der Waals surface area contributed by atoms with Gasteiger partial charge in [-0.1, -0.05) is 60.7 Å². The third kappa shape index (κ3) is 3.32. The number of carboxylic acids is 1. The summed E-state index contributed by atoms with van der Waals surface area (Å²) >= 11 is 0. The maximum absolute atomic E-state index is 10.7. The van der Waals surface area contributed by atoms with Crippen molar-refractivity contribution in [3.8, 4) is 11.1 Å². The minimum atomic E-state index is -0.942. The van der Waals surface area contributed by atoms with E-state index in [1.54, 1.807) is 0 Å². The Balaban J connectivity index is 2.16. The van der Waals surface area contributed by atoms with Crippen molar-refractivity contribution < 1.29 is 9.90 Å². The van der Waals surface area contributed by atoms with Crippen LogP contribution in [0.1, 0.15) is 11.1 Å². The van der Waals surface area contributed by atoms with Gasteiger partial charge in [0.1, 0.15) is 0 Å². The molecule has 0 aliphatic heterocycles. The highest BCUT2D eigenvalue weighted by molar-refractivity contribution is 5.86. The maximum Gasteiger partial charge on any atom is 0.331 e. The van der Waals surface area contributed by atoms with Gasteiger partial charge in [-0.25, -0.2) is 4.79 Å². The van der Waals surface area contributed by atoms with Gasteiger partial charge in [0.25, 0.3) is 0 Å². The van der Waals surface area contributed by atoms with E-state index in [0.29, 0.717) is 6.42 Å². The van der Waals surface area contributed by atoms with Gasteiger partial charge in [-0.05, 0) is 23.6 Å². The van der Waals surface area contributed by atoms with Crippen LogP contribution in [0.2, 0.25) is 0 Å². The maximum atomic E-state index is 10.7. The van der Waals surface area contributed by atoms with Crippen LogP contribution in [0.5, 0.6) is 0 Å². The van der Waals surface area contributed by atoms with Crippen molar-refractivity contribution in [3.63, 3.8) is 0 Å². The number of aliphatic carboxylic acids is 1. The van der Waals surface area contributed by atoms with Gasteiger partial charge in [0, 0.05) is 12.0 Å². The molecule has 19 heavy (non-hydrogen) atoms. The van der Waals surface area contributed by atoms with Gasteiger partial charge in [0.2, 0.25) is 0 Å². The third-order valence-corrected chi connectivity index (χ3v) is 3.06. The molecule has 0 aliphatic rings. The first-order chi connectivity index (χ1) is 9.06. The standard InChI is InChI=1S/C17H16O2/c1-12-3-7-15(8-4-12)16-9-5-14(6-10-16)11-13(2)17(18)19/h3-10H,2,11H2,1H3,(H,18,19). The van der Waals surface area contributed by atoms with Gasteiger partial charge in [-0.3, -0.25) is 0 Å². The molecule has 0 aromatic heterocycles. The Hall–Kier alpha value is -2.35. The van der Waals surface area contributed by atoms with E-state index in [1.807, 2.05) is 24.3 Å². The Morgan fingerprint density at radius 3 is 1.95 bits per heavy atom. The van der Waals surface area contributed by atoms with E-state index in [1.165, 1.54) is 5.56 Å². The molecule has 2 heteroatoms. The molecule has 2 nitrogen and oxygen atoms in total. The molecule has 2 aromatic rings. The molecule has 2 aromatic carbocycles. The predicted octanol–water partition coefficient (Wildman–Crippen LogP) is 3.85. The third-order valence-electron chi connectivity index (χ3n) is 3.06. The predicted molar refractivity (Wildman–Crippen MR) is 77.1 cm³/mol. The fraction of sp³-hybridized carbons (Fsp3) is 0.118. The average molecular weight is 252 g/mol. The lowest BCUT2D eigenvalue weighted by Gasteiger charge is -2.05. The fourth-order valence-corrected chi connectivity index (χ4v) is 1.88. The van der Waals surface area contributed by atoms with Crippen LogP contribution in [0.25, 0.3) is 11.1 Å². The molecule has 1 N–H and O–H groups in total. The van der Waals surface area contributed by atoms with Gasteiger partial charge in [0.05, 0.1) is 0 Å². The summed E-state index contributed by atoms with van der Waals surface area (Å²) in [7, 11) is 0. The Bertz CT molecular complexity index is 592. The highest BCUT2D eigenvalue weighted by Gasteiger charge is 2.05. The Labute approximate surface area is 113 Å². The molecule has 0 saturated carbocycles. The zero-order valence-electron chi connectivity index (χ0n) is 10.9. The number of hydrogen-bond donors (Lipinski definition) is 1. The van der Waals surface area contributed by atoms with E-state index in [-0.39, 0.29) is 5.57 Å². The second kappa shape index (κ2) is 5.53. The average Bonchev–Trinajstić information content (AvgIpc) is 2.40. The molecule has 0 saturated heterocycles. The topological polar surface area (TPSA) is 37.3 Å². The molecule has 0 fully saturated rings. The van der Waals surface area contributed by atoms with Crippen LogP contribution in [-0.4, -0.2) is 11.1 Å². The van der Waals surface area contributed by atoms with E-state index < -0.39 is 5.97 Å². The first-order valence-electron chi connectivity index (χ1n) is 6.13. The van der Waals surface area contributed by atoms with Gasteiger partial charge in [-0.2, -0.15) is 0 Å². The monoisotopic (exact) mass is 252 g/mol. The van der Waals surface area contributed by atoms with Crippen molar-refractivity contribution >= 4 is 5.97 Å². The number of aryl methyl sites for hydroxylation is 1. The summed E-state index contributed by atoms with van der Waals surface area (Å²) < 4.78 is 0. The van der Waals surface area contributed by atoms with Crippen molar-refractivity contribution in [1.82, 2.24) is 0 Å². The fourth-order valence-electron chi connectivity index (χ4n) is 1.88. The lowest BCUT2D eigenvalue weighted by Crippen LogP contribution is -2.01. The van der Waals surface area contributed by atoms with Gasteiger partial charge in [-0.15, -0.1) is 0 Å². The SMILES string of the molecule is C=C(Cc1ccc(-c2ccc(C)cc2)cc1)C(=O)O. The minimum absolute atomic E-state index is 0.211. The molecular formula is C17H16O2. The number of hydrogen-bond acceptors (Lipinski definition) is 1. The largest absolute Gasteiger partial charge is 0.478 e. The molecule has 96 valence electrons.